The SMILES string of the molecule is COc1ccc(CN(c2nc(Nc3cc(C#N)c(CCCC=O)cc3Cl)nn3c(C#N)cnc23)C2CC2)cc1. The van der Waals surface area contributed by atoms with Crippen LogP contribution in [0.5, 0.6) is 5.75 Å². The summed E-state index contributed by atoms with van der Waals surface area (Å²) < 4.78 is 6.76. The number of nitrogens with one attached hydrogen (secondary N) is 1. The van der Waals surface area contributed by atoms with Crippen molar-refractivity contribution in [2.45, 2.75) is 44.7 Å². The summed E-state index contributed by atoms with van der Waals surface area (Å²) in [7, 11) is 1.63. The number of hydrogen-bond acceptors (Lipinski definition) is 9. The van der Waals surface area contributed by atoms with E-state index in [4.69, 9.17) is 21.3 Å². The maximum atomic E-state index is 10.7. The number of anilines is 3. The molecule has 39 heavy (non-hydrogen) atoms. The number of hydrogen-bond donors (Lipinski definition) is 1. The summed E-state index contributed by atoms with van der Waals surface area (Å²) in [6.45, 7) is 0.588. The number of rotatable bonds is 11. The first kappa shape index (κ1) is 26.0. The van der Waals surface area contributed by atoms with Gasteiger partial charge in [-0.3, -0.25) is 0 Å². The number of aryl methyl sites for hydroxylation is 1. The molecule has 1 fully saturated rings. The maximum Gasteiger partial charge on any atom is 0.247 e. The molecule has 0 atom stereocenters. The van der Waals surface area contributed by atoms with Crippen molar-refractivity contribution in [3.8, 4) is 17.9 Å². The molecule has 196 valence electrons. The van der Waals surface area contributed by atoms with Gasteiger partial charge >= 0.3 is 0 Å². The lowest BCUT2D eigenvalue weighted by atomic mass is 10.0. The van der Waals surface area contributed by atoms with E-state index in [1.165, 1.54) is 10.7 Å². The summed E-state index contributed by atoms with van der Waals surface area (Å²) in [5.74, 6) is 1.59. The van der Waals surface area contributed by atoms with Crippen LogP contribution in [0.25, 0.3) is 5.65 Å². The van der Waals surface area contributed by atoms with Gasteiger partial charge in [-0.1, -0.05) is 23.7 Å². The van der Waals surface area contributed by atoms with Crippen molar-refractivity contribution in [3.63, 3.8) is 0 Å². The fraction of sp³-hybridized carbons (Fsp3) is 0.286. The highest BCUT2D eigenvalue weighted by molar-refractivity contribution is 6.33. The summed E-state index contributed by atoms with van der Waals surface area (Å²) >= 11 is 6.58. The molecule has 0 radical (unpaired) electrons. The van der Waals surface area contributed by atoms with Crippen LogP contribution in [0.15, 0.2) is 42.6 Å². The Balaban J connectivity index is 1.53. The van der Waals surface area contributed by atoms with E-state index >= 15 is 0 Å². The Kier molecular flexibility index (Phi) is 7.57. The Morgan fingerprint density at radius 2 is 2.03 bits per heavy atom. The van der Waals surface area contributed by atoms with Crippen LogP contribution in [0.4, 0.5) is 17.5 Å². The van der Waals surface area contributed by atoms with Crippen LogP contribution in [0, 0.1) is 22.7 Å². The highest BCUT2D eigenvalue weighted by Crippen LogP contribution is 2.36. The van der Waals surface area contributed by atoms with E-state index in [0.717, 1.165) is 36.0 Å². The number of methoxy groups -OCH3 is 1. The monoisotopic (exact) mass is 540 g/mol. The molecule has 1 saturated carbocycles. The van der Waals surface area contributed by atoms with Crippen LogP contribution in [-0.4, -0.2) is 39.0 Å². The van der Waals surface area contributed by atoms with E-state index in [0.29, 0.717) is 53.5 Å². The average molecular weight is 541 g/mol. The Hall–Kier alpha value is -4.67. The minimum Gasteiger partial charge on any atom is -0.497 e. The highest BCUT2D eigenvalue weighted by Gasteiger charge is 2.33. The number of benzene rings is 2. The number of nitrogens with zero attached hydrogens (tertiary/aromatic N) is 7. The van der Waals surface area contributed by atoms with Gasteiger partial charge in [-0.05, 0) is 61.1 Å². The average Bonchev–Trinajstić information content (AvgIpc) is 3.72. The lowest BCUT2D eigenvalue weighted by Gasteiger charge is -2.24. The fourth-order valence-electron chi connectivity index (χ4n) is 4.40. The number of nitriles is 2. The van der Waals surface area contributed by atoms with E-state index in [2.05, 4.69) is 32.4 Å². The number of fused-ring (bicyclic) bond motifs is 1. The molecule has 0 saturated heterocycles. The predicted molar refractivity (Wildman–Crippen MR) is 146 cm³/mol. The zero-order valence-corrected chi connectivity index (χ0v) is 22.0. The lowest BCUT2D eigenvalue weighted by molar-refractivity contribution is -0.107. The maximum absolute atomic E-state index is 10.7. The number of halogens is 1. The van der Waals surface area contributed by atoms with Gasteiger partial charge in [-0.25, -0.2) is 4.98 Å². The van der Waals surface area contributed by atoms with Gasteiger partial charge in [0.1, 0.15) is 18.1 Å². The molecule has 0 bridgehead atoms. The highest BCUT2D eigenvalue weighted by atomic mass is 35.5. The zero-order chi connectivity index (χ0) is 27.4. The quantitative estimate of drug-likeness (QED) is 0.207. The minimum absolute atomic E-state index is 0.215. The number of aldehydes is 1. The molecule has 4 aromatic rings. The molecule has 2 heterocycles. The number of aromatic nitrogens is 4. The van der Waals surface area contributed by atoms with Crippen molar-refractivity contribution >= 4 is 41.0 Å². The smallest absolute Gasteiger partial charge is 0.247 e. The van der Waals surface area contributed by atoms with Crippen LogP contribution in [-0.2, 0) is 17.8 Å². The van der Waals surface area contributed by atoms with E-state index in [-0.39, 0.29) is 17.7 Å². The molecule has 2 aromatic heterocycles. The van der Waals surface area contributed by atoms with Crippen LogP contribution in [0.2, 0.25) is 5.02 Å². The normalized spacial score (nSPS) is 12.5. The molecule has 0 unspecified atom stereocenters. The number of imidazole rings is 1. The fourth-order valence-corrected chi connectivity index (χ4v) is 4.63. The van der Waals surface area contributed by atoms with Crippen molar-refractivity contribution in [2.24, 2.45) is 0 Å². The second-order valence-corrected chi connectivity index (χ2v) is 9.65. The third kappa shape index (κ3) is 5.62. The van der Waals surface area contributed by atoms with E-state index < -0.39 is 0 Å². The van der Waals surface area contributed by atoms with Gasteiger partial charge in [0.25, 0.3) is 0 Å². The topological polar surface area (TPSA) is 132 Å². The van der Waals surface area contributed by atoms with Gasteiger partial charge < -0.3 is 19.7 Å². The Bertz CT molecular complexity index is 1600. The van der Waals surface area contributed by atoms with Crippen LogP contribution in [0.1, 0.15) is 48.1 Å². The van der Waals surface area contributed by atoms with E-state index in [1.807, 2.05) is 24.3 Å². The number of unbranched alkanes of at least 4 members (excludes halogenated alkanes) is 1. The van der Waals surface area contributed by atoms with Gasteiger partial charge in [-0.15, -0.1) is 5.10 Å². The van der Waals surface area contributed by atoms with Crippen molar-refractivity contribution in [1.29, 1.82) is 10.5 Å². The first-order chi connectivity index (χ1) is 19.0. The minimum atomic E-state index is 0.215. The van der Waals surface area contributed by atoms with Crippen molar-refractivity contribution in [1.82, 2.24) is 19.6 Å². The summed E-state index contributed by atoms with van der Waals surface area (Å²) in [6.07, 6.45) is 5.99. The van der Waals surface area contributed by atoms with Gasteiger partial charge in [0, 0.05) is 19.0 Å². The second-order valence-electron chi connectivity index (χ2n) is 9.24. The van der Waals surface area contributed by atoms with Crippen molar-refractivity contribution in [2.75, 3.05) is 17.3 Å². The molecule has 0 aliphatic heterocycles. The summed E-state index contributed by atoms with van der Waals surface area (Å²) in [5.41, 5.74) is 3.51. The molecule has 10 nitrogen and oxygen atoms in total. The summed E-state index contributed by atoms with van der Waals surface area (Å²) in [5, 5.41) is 27.4. The number of carbonyl (C=O) groups is 1. The Labute approximate surface area is 230 Å². The summed E-state index contributed by atoms with van der Waals surface area (Å²) in [6, 6.07) is 15.9. The molecule has 1 aliphatic carbocycles. The molecule has 11 heteroatoms. The van der Waals surface area contributed by atoms with Gasteiger partial charge in [0.2, 0.25) is 5.95 Å². The predicted octanol–water partition coefficient (Wildman–Crippen LogP) is 4.96. The van der Waals surface area contributed by atoms with Crippen LogP contribution in [0.3, 0.4) is 0 Å². The van der Waals surface area contributed by atoms with E-state index in [1.54, 1.807) is 19.2 Å². The largest absolute Gasteiger partial charge is 0.497 e. The lowest BCUT2D eigenvalue weighted by Crippen LogP contribution is -2.27. The Morgan fingerprint density at radius 3 is 2.69 bits per heavy atom. The van der Waals surface area contributed by atoms with Gasteiger partial charge in [0.05, 0.1) is 35.6 Å². The molecular weight excluding hydrogens is 516 g/mol. The van der Waals surface area contributed by atoms with Crippen LogP contribution >= 0.6 is 11.6 Å². The second kappa shape index (κ2) is 11.4. The molecular formula is C28H25ClN8O2. The van der Waals surface area contributed by atoms with Crippen molar-refractivity contribution in [3.05, 3.63) is 70.0 Å². The zero-order valence-electron chi connectivity index (χ0n) is 21.3. The van der Waals surface area contributed by atoms with Gasteiger partial charge in [0.15, 0.2) is 17.2 Å². The van der Waals surface area contributed by atoms with E-state index in [9.17, 15) is 15.3 Å². The standard InChI is InChI=1S/C28H25ClN8O2/c1-39-23-9-5-18(6-10-23)17-36(21-7-8-21)27-26-32-16-22(15-31)37(26)35-28(34-27)33-25-13-20(14-30)19(12-24(25)29)4-2-3-11-38/h5-6,9-13,16,21H,2-4,7-8,17H2,1H3,(H,33,35). The van der Waals surface area contributed by atoms with Gasteiger partial charge in [-0.2, -0.15) is 20.0 Å². The first-order valence-corrected chi connectivity index (χ1v) is 12.9. The Morgan fingerprint density at radius 1 is 1.23 bits per heavy atom. The third-order valence-corrected chi connectivity index (χ3v) is 6.87. The first-order valence-electron chi connectivity index (χ1n) is 12.5. The third-order valence-electron chi connectivity index (χ3n) is 6.56. The molecule has 0 spiro atoms. The molecule has 5 rings (SSSR count). The molecule has 2 aromatic carbocycles. The molecule has 1 N–H and O–H groups in total. The molecule has 0 amide bonds. The van der Waals surface area contributed by atoms with Crippen LogP contribution < -0.4 is 15.0 Å². The molecule has 1 aliphatic rings. The summed E-state index contributed by atoms with van der Waals surface area (Å²) in [4.78, 5) is 22.2. The number of carbonyl (C=O) groups excluding carboxylic acids is 1. The van der Waals surface area contributed by atoms with Crippen molar-refractivity contribution < 1.29 is 9.53 Å². The number of ether oxygens (including phenoxy) is 1.